The summed E-state index contributed by atoms with van der Waals surface area (Å²) >= 11 is 0. The van der Waals surface area contributed by atoms with Crippen LogP contribution in [0.5, 0.6) is 0 Å². The lowest BCUT2D eigenvalue weighted by Gasteiger charge is -2.25. The Morgan fingerprint density at radius 2 is 1.95 bits per heavy atom. The fourth-order valence-corrected chi connectivity index (χ4v) is 2.10. The van der Waals surface area contributed by atoms with Crippen LogP contribution < -0.4 is 11.1 Å². The third-order valence-electron chi connectivity index (χ3n) is 2.89. The average molecular weight is 285 g/mol. The summed E-state index contributed by atoms with van der Waals surface area (Å²) in [6.07, 6.45) is 0. The van der Waals surface area contributed by atoms with E-state index in [2.05, 4.69) is 17.2 Å². The standard InChI is InChI=1S/C15H15N3O3/c1-10-5-11(3-2-4-16)7-12(6-10)15(21)18-8-13(19)17-14(20)9-18/h5-7H,4,8-9,16H2,1H3,(H,17,19,20). The lowest BCUT2D eigenvalue weighted by molar-refractivity contribution is -0.135. The Morgan fingerprint density at radius 1 is 1.29 bits per heavy atom. The van der Waals surface area contributed by atoms with Gasteiger partial charge in [0.15, 0.2) is 0 Å². The van der Waals surface area contributed by atoms with Crippen LogP contribution in [-0.2, 0) is 9.59 Å². The molecule has 0 aliphatic carbocycles. The number of carbonyl (C=O) groups excluding carboxylic acids is 3. The second kappa shape index (κ2) is 6.20. The molecule has 21 heavy (non-hydrogen) atoms. The fourth-order valence-electron chi connectivity index (χ4n) is 2.10. The van der Waals surface area contributed by atoms with E-state index in [4.69, 9.17) is 5.73 Å². The van der Waals surface area contributed by atoms with E-state index in [1.165, 1.54) is 4.90 Å². The van der Waals surface area contributed by atoms with E-state index in [0.717, 1.165) is 5.56 Å². The molecule has 0 spiro atoms. The smallest absolute Gasteiger partial charge is 0.254 e. The van der Waals surface area contributed by atoms with Crippen molar-refractivity contribution < 1.29 is 14.4 Å². The van der Waals surface area contributed by atoms with Crippen LogP contribution in [0.25, 0.3) is 0 Å². The zero-order chi connectivity index (χ0) is 15.4. The molecule has 0 bridgehead atoms. The number of carbonyl (C=O) groups is 3. The van der Waals surface area contributed by atoms with Crippen LogP contribution in [0.1, 0.15) is 21.5 Å². The maximum Gasteiger partial charge on any atom is 0.254 e. The number of aryl methyl sites for hydroxylation is 1. The molecule has 6 heteroatoms. The number of hydrogen-bond donors (Lipinski definition) is 2. The molecule has 1 fully saturated rings. The molecule has 0 radical (unpaired) electrons. The van der Waals surface area contributed by atoms with Crippen molar-refractivity contribution in [3.05, 3.63) is 34.9 Å². The predicted octanol–water partition coefficient (Wildman–Crippen LogP) is -0.596. The highest BCUT2D eigenvalue weighted by atomic mass is 16.2. The Morgan fingerprint density at radius 3 is 2.57 bits per heavy atom. The van der Waals surface area contributed by atoms with Gasteiger partial charge in [-0.3, -0.25) is 19.7 Å². The Labute approximate surface area is 122 Å². The minimum absolute atomic E-state index is 0.123. The van der Waals surface area contributed by atoms with Crippen molar-refractivity contribution in [3.8, 4) is 11.8 Å². The van der Waals surface area contributed by atoms with Crippen LogP contribution >= 0.6 is 0 Å². The third kappa shape index (κ3) is 3.68. The van der Waals surface area contributed by atoms with E-state index in [1.54, 1.807) is 12.1 Å². The van der Waals surface area contributed by atoms with Crippen LogP contribution in [0.2, 0.25) is 0 Å². The van der Waals surface area contributed by atoms with Gasteiger partial charge in [-0.2, -0.15) is 0 Å². The largest absolute Gasteiger partial charge is 0.320 e. The quantitative estimate of drug-likeness (QED) is 0.532. The van der Waals surface area contributed by atoms with Gasteiger partial charge in [-0.15, -0.1) is 0 Å². The third-order valence-corrected chi connectivity index (χ3v) is 2.89. The Bertz CT molecular complexity index is 654. The molecular formula is C15H15N3O3. The molecule has 1 saturated heterocycles. The van der Waals surface area contributed by atoms with Crippen LogP contribution in [-0.4, -0.2) is 42.3 Å². The summed E-state index contributed by atoms with van der Waals surface area (Å²) in [5, 5.41) is 2.16. The molecule has 2 rings (SSSR count). The number of benzene rings is 1. The van der Waals surface area contributed by atoms with Crippen molar-refractivity contribution in [2.45, 2.75) is 6.92 Å². The number of nitrogens with two attached hydrogens (primary N) is 1. The highest BCUT2D eigenvalue weighted by molar-refractivity contribution is 6.05. The van der Waals surface area contributed by atoms with Crippen molar-refractivity contribution in [2.75, 3.05) is 19.6 Å². The number of rotatable bonds is 1. The van der Waals surface area contributed by atoms with E-state index in [9.17, 15) is 14.4 Å². The van der Waals surface area contributed by atoms with Crippen molar-refractivity contribution in [3.63, 3.8) is 0 Å². The van der Waals surface area contributed by atoms with E-state index in [1.807, 2.05) is 13.0 Å². The van der Waals surface area contributed by atoms with Crippen LogP contribution in [0.4, 0.5) is 0 Å². The van der Waals surface area contributed by atoms with Gasteiger partial charge in [0.1, 0.15) is 13.1 Å². The molecule has 108 valence electrons. The van der Waals surface area contributed by atoms with Crippen LogP contribution in [0.15, 0.2) is 18.2 Å². The van der Waals surface area contributed by atoms with Gasteiger partial charge < -0.3 is 10.6 Å². The van der Waals surface area contributed by atoms with Gasteiger partial charge in [0, 0.05) is 11.1 Å². The predicted molar refractivity (Wildman–Crippen MR) is 76.2 cm³/mol. The molecule has 0 aromatic heterocycles. The molecule has 0 saturated carbocycles. The Balaban J connectivity index is 2.28. The molecule has 1 aliphatic heterocycles. The molecule has 1 aromatic carbocycles. The summed E-state index contributed by atoms with van der Waals surface area (Å²) in [5.41, 5.74) is 7.28. The maximum absolute atomic E-state index is 12.4. The molecule has 3 N–H and O–H groups in total. The zero-order valence-electron chi connectivity index (χ0n) is 11.6. The van der Waals surface area contributed by atoms with Crippen molar-refractivity contribution in [2.24, 2.45) is 5.73 Å². The number of nitrogens with zero attached hydrogens (tertiary/aromatic N) is 1. The summed E-state index contributed by atoms with van der Waals surface area (Å²) in [6.45, 7) is 1.83. The lowest BCUT2D eigenvalue weighted by atomic mass is 10.1. The summed E-state index contributed by atoms with van der Waals surface area (Å²) in [6, 6.07) is 5.18. The lowest BCUT2D eigenvalue weighted by Crippen LogP contribution is -2.53. The van der Waals surface area contributed by atoms with E-state index < -0.39 is 11.8 Å². The summed E-state index contributed by atoms with van der Waals surface area (Å²) in [5.74, 6) is 4.28. The van der Waals surface area contributed by atoms with E-state index in [-0.39, 0.29) is 25.5 Å². The Hall–Kier alpha value is -2.65. The summed E-state index contributed by atoms with van der Waals surface area (Å²) in [4.78, 5) is 36.3. The first-order valence-corrected chi connectivity index (χ1v) is 6.42. The van der Waals surface area contributed by atoms with Crippen LogP contribution in [0.3, 0.4) is 0 Å². The van der Waals surface area contributed by atoms with Gasteiger partial charge in [-0.1, -0.05) is 11.8 Å². The molecule has 1 aliphatic rings. The number of nitrogens with one attached hydrogen (secondary N) is 1. The molecule has 1 aromatic rings. The Kier molecular flexibility index (Phi) is 4.36. The summed E-state index contributed by atoms with van der Waals surface area (Å²) < 4.78 is 0. The van der Waals surface area contributed by atoms with Gasteiger partial charge >= 0.3 is 0 Å². The molecule has 3 amide bonds. The fraction of sp³-hybridized carbons (Fsp3) is 0.267. The van der Waals surface area contributed by atoms with Gasteiger partial charge in [-0.05, 0) is 30.7 Å². The summed E-state index contributed by atoms with van der Waals surface area (Å²) in [7, 11) is 0. The monoisotopic (exact) mass is 285 g/mol. The van der Waals surface area contributed by atoms with Gasteiger partial charge in [0.25, 0.3) is 5.91 Å². The first kappa shape index (κ1) is 14.8. The topological polar surface area (TPSA) is 92.5 Å². The number of piperazine rings is 1. The minimum atomic E-state index is -0.476. The minimum Gasteiger partial charge on any atom is -0.320 e. The van der Waals surface area contributed by atoms with Crippen LogP contribution in [0, 0.1) is 18.8 Å². The van der Waals surface area contributed by atoms with Crippen molar-refractivity contribution in [1.82, 2.24) is 10.2 Å². The van der Waals surface area contributed by atoms with Gasteiger partial charge in [0.2, 0.25) is 11.8 Å². The number of hydrogen-bond acceptors (Lipinski definition) is 4. The molecule has 6 nitrogen and oxygen atoms in total. The van der Waals surface area contributed by atoms with Gasteiger partial charge in [-0.25, -0.2) is 0 Å². The van der Waals surface area contributed by atoms with E-state index >= 15 is 0 Å². The molecule has 1 heterocycles. The molecule has 0 atom stereocenters. The average Bonchev–Trinajstić information content (AvgIpc) is 2.42. The van der Waals surface area contributed by atoms with Crippen molar-refractivity contribution >= 4 is 17.7 Å². The van der Waals surface area contributed by atoms with Gasteiger partial charge in [0.05, 0.1) is 6.54 Å². The van der Waals surface area contributed by atoms with Crippen molar-refractivity contribution in [1.29, 1.82) is 0 Å². The number of imide groups is 1. The highest BCUT2D eigenvalue weighted by Crippen LogP contribution is 2.12. The number of amides is 3. The highest BCUT2D eigenvalue weighted by Gasteiger charge is 2.27. The molecular weight excluding hydrogens is 270 g/mol. The van der Waals surface area contributed by atoms with E-state index in [0.29, 0.717) is 11.1 Å². The SMILES string of the molecule is Cc1cc(C#CCN)cc(C(=O)N2CC(=O)NC(=O)C2)c1. The normalized spacial score (nSPS) is 14.3. The zero-order valence-corrected chi connectivity index (χ0v) is 11.6. The second-order valence-electron chi connectivity index (χ2n) is 4.73. The molecule has 0 unspecified atom stereocenters. The second-order valence-corrected chi connectivity index (χ2v) is 4.73. The first-order chi connectivity index (χ1) is 9.99. The maximum atomic E-state index is 12.4. The first-order valence-electron chi connectivity index (χ1n) is 6.42.